The molecule has 3 rings (SSSR count). The topological polar surface area (TPSA) is 62.3 Å². The lowest BCUT2D eigenvalue weighted by Crippen LogP contribution is -2.30. The highest BCUT2D eigenvalue weighted by atomic mass is 32.2. The van der Waals surface area contributed by atoms with Crippen LogP contribution in [0.2, 0.25) is 0 Å². The molecule has 0 spiro atoms. The van der Waals surface area contributed by atoms with Crippen LogP contribution in [-0.4, -0.2) is 34.4 Å². The van der Waals surface area contributed by atoms with Gasteiger partial charge < -0.3 is 10.2 Å². The summed E-state index contributed by atoms with van der Waals surface area (Å²) in [5, 5.41) is 2.87. The molecule has 6 heteroatoms. The Morgan fingerprint density at radius 2 is 2.00 bits per heavy atom. The molecule has 1 amide bonds. The van der Waals surface area contributed by atoms with Crippen LogP contribution in [0.5, 0.6) is 0 Å². The second-order valence-corrected chi connectivity index (χ2v) is 7.76. The van der Waals surface area contributed by atoms with E-state index in [4.69, 9.17) is 0 Å². The Kier molecular flexibility index (Phi) is 5.81. The van der Waals surface area contributed by atoms with Crippen LogP contribution in [0.15, 0.2) is 42.6 Å². The molecule has 1 aliphatic heterocycles. The van der Waals surface area contributed by atoms with Crippen molar-refractivity contribution in [3.63, 3.8) is 0 Å². The van der Waals surface area contributed by atoms with E-state index in [1.807, 2.05) is 24.3 Å². The molecule has 1 N–H and O–H groups in total. The van der Waals surface area contributed by atoms with Crippen LogP contribution >= 0.6 is 0 Å². The molecule has 0 aliphatic carbocycles. The molecule has 0 bridgehead atoms. The summed E-state index contributed by atoms with van der Waals surface area (Å²) < 4.78 is 11.3. The summed E-state index contributed by atoms with van der Waals surface area (Å²) in [6, 6.07) is 11.1. The highest BCUT2D eigenvalue weighted by Crippen LogP contribution is 2.19. The van der Waals surface area contributed by atoms with Crippen molar-refractivity contribution >= 4 is 28.2 Å². The molecular formula is C19H23N3O2S. The van der Waals surface area contributed by atoms with Crippen LogP contribution in [0.4, 0.5) is 11.5 Å². The number of nitrogens with one attached hydrogen (secondary N) is 1. The quantitative estimate of drug-likeness (QED) is 0.893. The molecule has 1 aromatic heterocycles. The van der Waals surface area contributed by atoms with Crippen molar-refractivity contribution in [1.29, 1.82) is 0 Å². The molecule has 5 nitrogen and oxygen atoms in total. The highest BCUT2D eigenvalue weighted by Gasteiger charge is 2.12. The van der Waals surface area contributed by atoms with Gasteiger partial charge in [0.05, 0.1) is 11.9 Å². The van der Waals surface area contributed by atoms with Gasteiger partial charge in [0, 0.05) is 41.5 Å². The Labute approximate surface area is 150 Å². The number of amides is 1. The zero-order valence-corrected chi connectivity index (χ0v) is 15.2. The first-order chi connectivity index (χ1) is 12.1. The number of rotatable bonds is 5. The Balaban J connectivity index is 1.65. The lowest BCUT2D eigenvalue weighted by Gasteiger charge is -2.27. The highest BCUT2D eigenvalue weighted by molar-refractivity contribution is 7.83. The molecule has 0 saturated carbocycles. The minimum absolute atomic E-state index is 0.184. The Hall–Kier alpha value is -2.21. The number of aromatic nitrogens is 1. The third kappa shape index (κ3) is 4.89. The number of carbonyl (C=O) groups excluding carboxylic acids is 1. The van der Waals surface area contributed by atoms with Crippen LogP contribution in [0.1, 0.15) is 35.2 Å². The minimum atomic E-state index is -0.928. The van der Waals surface area contributed by atoms with Gasteiger partial charge in [-0.3, -0.25) is 9.00 Å². The molecule has 1 aromatic carbocycles. The Morgan fingerprint density at radius 1 is 1.20 bits per heavy atom. The second kappa shape index (κ2) is 8.25. The molecule has 1 fully saturated rings. The summed E-state index contributed by atoms with van der Waals surface area (Å²) in [7, 11) is -0.928. The fourth-order valence-electron chi connectivity index (χ4n) is 3.01. The van der Waals surface area contributed by atoms with Gasteiger partial charge in [-0.2, -0.15) is 0 Å². The second-order valence-electron chi connectivity index (χ2n) is 6.32. The van der Waals surface area contributed by atoms with E-state index in [0.717, 1.165) is 24.5 Å². The minimum Gasteiger partial charge on any atom is -0.357 e. The van der Waals surface area contributed by atoms with Crippen molar-refractivity contribution in [3.05, 3.63) is 53.7 Å². The average Bonchev–Trinajstić information content (AvgIpc) is 2.63. The van der Waals surface area contributed by atoms with Crippen molar-refractivity contribution in [1.82, 2.24) is 4.98 Å². The predicted molar refractivity (Wildman–Crippen MR) is 102 cm³/mol. The predicted octanol–water partition coefficient (Wildman–Crippen LogP) is 3.20. The standard InChI is InChI=1S/C19H23N3O2S/c1-25(24)14-15-6-5-7-16(12-15)19(23)21-17-8-9-18(20-13-17)22-10-3-2-4-11-22/h5-9,12-13H,2-4,10-11,14H2,1H3,(H,21,23). The fourth-order valence-corrected chi connectivity index (χ4v) is 3.66. The van der Waals surface area contributed by atoms with Crippen LogP contribution in [0.3, 0.4) is 0 Å². The Morgan fingerprint density at radius 3 is 2.68 bits per heavy atom. The molecule has 0 radical (unpaired) electrons. The number of nitrogens with zero attached hydrogens (tertiary/aromatic N) is 2. The zero-order valence-electron chi connectivity index (χ0n) is 14.4. The third-order valence-corrected chi connectivity index (χ3v) is 4.98. The van der Waals surface area contributed by atoms with E-state index >= 15 is 0 Å². The third-order valence-electron chi connectivity index (χ3n) is 4.24. The van der Waals surface area contributed by atoms with Gasteiger partial charge in [-0.1, -0.05) is 12.1 Å². The molecule has 1 unspecified atom stereocenters. The lowest BCUT2D eigenvalue weighted by molar-refractivity contribution is 0.102. The van der Waals surface area contributed by atoms with Crippen molar-refractivity contribution < 1.29 is 9.00 Å². The average molecular weight is 357 g/mol. The molecule has 1 saturated heterocycles. The van der Waals surface area contributed by atoms with E-state index in [1.54, 1.807) is 24.6 Å². The normalized spacial score (nSPS) is 15.6. The summed E-state index contributed by atoms with van der Waals surface area (Å²) in [5.74, 6) is 1.23. The number of pyridine rings is 1. The van der Waals surface area contributed by atoms with E-state index in [9.17, 15) is 9.00 Å². The molecule has 25 heavy (non-hydrogen) atoms. The van der Waals surface area contributed by atoms with E-state index < -0.39 is 10.8 Å². The molecule has 2 aromatic rings. The maximum Gasteiger partial charge on any atom is 0.255 e. The van der Waals surface area contributed by atoms with E-state index in [1.165, 1.54) is 19.3 Å². The van der Waals surface area contributed by atoms with Gasteiger partial charge in [0.15, 0.2) is 0 Å². The van der Waals surface area contributed by atoms with Gasteiger partial charge in [0.25, 0.3) is 5.91 Å². The first kappa shape index (κ1) is 17.6. The van der Waals surface area contributed by atoms with Crippen molar-refractivity contribution in [2.24, 2.45) is 0 Å². The van der Waals surface area contributed by atoms with Gasteiger partial charge in [0.2, 0.25) is 0 Å². The van der Waals surface area contributed by atoms with Gasteiger partial charge in [-0.25, -0.2) is 4.98 Å². The summed E-state index contributed by atoms with van der Waals surface area (Å²) in [6.07, 6.45) is 7.06. The van der Waals surface area contributed by atoms with E-state index in [-0.39, 0.29) is 5.91 Å². The SMILES string of the molecule is CS(=O)Cc1cccc(C(=O)Nc2ccc(N3CCCCC3)nc2)c1. The Bertz CT molecular complexity index is 756. The van der Waals surface area contributed by atoms with Gasteiger partial charge in [-0.05, 0) is 49.1 Å². The molecule has 1 aliphatic rings. The van der Waals surface area contributed by atoms with Crippen LogP contribution < -0.4 is 10.2 Å². The number of hydrogen-bond donors (Lipinski definition) is 1. The van der Waals surface area contributed by atoms with E-state index in [2.05, 4.69) is 15.2 Å². The van der Waals surface area contributed by atoms with Gasteiger partial charge in [0.1, 0.15) is 5.82 Å². The van der Waals surface area contributed by atoms with Gasteiger partial charge in [-0.15, -0.1) is 0 Å². The van der Waals surface area contributed by atoms with Crippen molar-refractivity contribution in [3.8, 4) is 0 Å². The fraction of sp³-hybridized carbons (Fsp3) is 0.368. The summed E-state index contributed by atoms with van der Waals surface area (Å²) in [6.45, 7) is 2.09. The first-order valence-electron chi connectivity index (χ1n) is 8.53. The molecule has 1 atom stereocenters. The zero-order chi connectivity index (χ0) is 17.6. The summed E-state index contributed by atoms with van der Waals surface area (Å²) in [4.78, 5) is 19.2. The maximum atomic E-state index is 12.4. The maximum absolute atomic E-state index is 12.4. The summed E-state index contributed by atoms with van der Waals surface area (Å²) >= 11 is 0. The van der Waals surface area contributed by atoms with Gasteiger partial charge >= 0.3 is 0 Å². The monoisotopic (exact) mass is 357 g/mol. The van der Waals surface area contributed by atoms with Crippen molar-refractivity contribution in [2.45, 2.75) is 25.0 Å². The number of anilines is 2. The van der Waals surface area contributed by atoms with Crippen molar-refractivity contribution in [2.75, 3.05) is 29.6 Å². The van der Waals surface area contributed by atoms with Crippen LogP contribution in [0, 0.1) is 0 Å². The van der Waals surface area contributed by atoms with Crippen LogP contribution in [-0.2, 0) is 16.6 Å². The summed E-state index contributed by atoms with van der Waals surface area (Å²) in [5.41, 5.74) is 2.13. The largest absolute Gasteiger partial charge is 0.357 e. The number of piperidine rings is 1. The number of carbonyl (C=O) groups is 1. The molecule has 2 heterocycles. The van der Waals surface area contributed by atoms with E-state index in [0.29, 0.717) is 17.0 Å². The lowest BCUT2D eigenvalue weighted by atomic mass is 10.1. The smallest absolute Gasteiger partial charge is 0.255 e. The number of hydrogen-bond acceptors (Lipinski definition) is 4. The number of benzene rings is 1. The molecular weight excluding hydrogens is 334 g/mol. The molecule has 132 valence electrons. The first-order valence-corrected chi connectivity index (χ1v) is 10.3. The van der Waals surface area contributed by atoms with Crippen LogP contribution in [0.25, 0.3) is 0 Å².